The summed E-state index contributed by atoms with van der Waals surface area (Å²) in [4.78, 5) is 13.2. The average molecular weight is 260 g/mol. The van der Waals surface area contributed by atoms with E-state index < -0.39 is 6.09 Å². The number of rotatable bonds is 2. The predicted octanol–water partition coefficient (Wildman–Crippen LogP) is 3.00. The Kier molecular flexibility index (Phi) is 3.19. The molecule has 1 heterocycles. The number of amides is 1. The predicted molar refractivity (Wildman–Crippen MR) is 74.5 cm³/mol. The van der Waals surface area contributed by atoms with Crippen LogP contribution in [0.3, 0.4) is 0 Å². The first-order valence-electron chi connectivity index (χ1n) is 7.08. The summed E-state index contributed by atoms with van der Waals surface area (Å²) in [6, 6.07) is 8.35. The zero-order valence-electron chi connectivity index (χ0n) is 11.2. The van der Waals surface area contributed by atoms with Gasteiger partial charge >= 0.3 is 6.09 Å². The van der Waals surface area contributed by atoms with E-state index in [1.807, 2.05) is 18.2 Å². The first-order chi connectivity index (χ1) is 9.24. The van der Waals surface area contributed by atoms with E-state index in [0.29, 0.717) is 12.0 Å². The van der Waals surface area contributed by atoms with Crippen LogP contribution < -0.4 is 10.2 Å². The Morgan fingerprint density at radius 2 is 2.21 bits per heavy atom. The van der Waals surface area contributed by atoms with Gasteiger partial charge in [0.15, 0.2) is 0 Å². The maximum absolute atomic E-state index is 11.6. The van der Waals surface area contributed by atoms with Crippen molar-refractivity contribution in [2.24, 2.45) is 5.92 Å². The molecule has 1 aliphatic heterocycles. The van der Waals surface area contributed by atoms with E-state index in [1.54, 1.807) is 4.90 Å². The molecule has 3 rings (SSSR count). The first-order valence-corrected chi connectivity index (χ1v) is 7.08. The maximum Gasteiger partial charge on any atom is 0.412 e. The number of hydrogen-bond acceptors (Lipinski definition) is 2. The Bertz CT molecular complexity index is 489. The van der Waals surface area contributed by atoms with Crippen molar-refractivity contribution in [1.82, 2.24) is 5.32 Å². The molecule has 0 spiro atoms. The summed E-state index contributed by atoms with van der Waals surface area (Å²) >= 11 is 0. The van der Waals surface area contributed by atoms with E-state index in [0.717, 1.165) is 37.1 Å². The molecule has 4 nitrogen and oxygen atoms in total. The van der Waals surface area contributed by atoms with Crippen LogP contribution >= 0.6 is 0 Å². The number of para-hydroxylation sites is 1. The largest absolute Gasteiger partial charge is 0.465 e. The molecular weight excluding hydrogens is 240 g/mol. The van der Waals surface area contributed by atoms with Crippen molar-refractivity contribution in [2.75, 3.05) is 11.4 Å². The third-order valence-electron chi connectivity index (χ3n) is 4.45. The van der Waals surface area contributed by atoms with Crippen LogP contribution in [-0.2, 0) is 0 Å². The summed E-state index contributed by atoms with van der Waals surface area (Å²) in [6.45, 7) is 3.02. The number of carboxylic acid groups (broad SMARTS) is 1. The fraction of sp³-hybridized carbons (Fsp3) is 0.533. The van der Waals surface area contributed by atoms with E-state index in [4.69, 9.17) is 0 Å². The van der Waals surface area contributed by atoms with Crippen LogP contribution in [0, 0.1) is 5.92 Å². The van der Waals surface area contributed by atoms with Gasteiger partial charge in [0.1, 0.15) is 0 Å². The van der Waals surface area contributed by atoms with Crippen LogP contribution in [0.25, 0.3) is 0 Å². The number of carbonyl (C=O) groups is 1. The first kappa shape index (κ1) is 12.5. The van der Waals surface area contributed by atoms with Crippen molar-refractivity contribution in [3.8, 4) is 0 Å². The Labute approximate surface area is 113 Å². The van der Waals surface area contributed by atoms with Crippen molar-refractivity contribution in [3.05, 3.63) is 29.8 Å². The number of anilines is 1. The quantitative estimate of drug-likeness (QED) is 0.859. The monoisotopic (exact) mass is 260 g/mol. The third-order valence-corrected chi connectivity index (χ3v) is 4.45. The highest BCUT2D eigenvalue weighted by Crippen LogP contribution is 2.47. The van der Waals surface area contributed by atoms with E-state index in [1.165, 1.54) is 0 Å². The molecule has 0 radical (unpaired) electrons. The molecule has 2 aliphatic rings. The smallest absolute Gasteiger partial charge is 0.412 e. The minimum absolute atomic E-state index is 0.136. The molecule has 1 amide bonds. The SMILES string of the molecule is CCNC1c2ccccc2N(C(=O)O)C2CCCC12. The van der Waals surface area contributed by atoms with Crippen molar-refractivity contribution in [3.63, 3.8) is 0 Å². The summed E-state index contributed by atoms with van der Waals surface area (Å²) in [5.41, 5.74) is 2.00. The summed E-state index contributed by atoms with van der Waals surface area (Å²) in [6.07, 6.45) is 2.39. The molecule has 1 fully saturated rings. The van der Waals surface area contributed by atoms with E-state index in [2.05, 4.69) is 18.3 Å². The number of benzene rings is 1. The highest BCUT2D eigenvalue weighted by Gasteiger charge is 2.45. The highest BCUT2D eigenvalue weighted by atomic mass is 16.4. The van der Waals surface area contributed by atoms with Gasteiger partial charge in [0.05, 0.1) is 5.69 Å². The van der Waals surface area contributed by atoms with Gasteiger partial charge in [0.25, 0.3) is 0 Å². The molecule has 0 bridgehead atoms. The highest BCUT2D eigenvalue weighted by molar-refractivity contribution is 5.89. The van der Waals surface area contributed by atoms with Gasteiger partial charge in [0, 0.05) is 12.1 Å². The van der Waals surface area contributed by atoms with Crippen molar-refractivity contribution in [1.29, 1.82) is 0 Å². The molecule has 0 saturated heterocycles. The molecule has 1 aromatic rings. The van der Waals surface area contributed by atoms with Gasteiger partial charge < -0.3 is 10.4 Å². The van der Waals surface area contributed by atoms with Gasteiger partial charge in [-0.05, 0) is 36.9 Å². The lowest BCUT2D eigenvalue weighted by atomic mass is 9.83. The Balaban J connectivity index is 2.10. The second-order valence-corrected chi connectivity index (χ2v) is 5.41. The molecular formula is C15H20N2O2. The van der Waals surface area contributed by atoms with Gasteiger partial charge in [-0.25, -0.2) is 4.79 Å². The van der Waals surface area contributed by atoms with Gasteiger partial charge in [-0.1, -0.05) is 31.5 Å². The van der Waals surface area contributed by atoms with E-state index in [-0.39, 0.29) is 6.04 Å². The molecule has 19 heavy (non-hydrogen) atoms. The molecule has 4 heteroatoms. The normalized spacial score (nSPS) is 28.9. The molecule has 2 N–H and O–H groups in total. The van der Waals surface area contributed by atoms with Crippen LogP contribution in [0.4, 0.5) is 10.5 Å². The Morgan fingerprint density at radius 1 is 1.42 bits per heavy atom. The molecule has 3 unspecified atom stereocenters. The van der Waals surface area contributed by atoms with Gasteiger partial charge in [-0.15, -0.1) is 0 Å². The molecule has 1 aromatic carbocycles. The number of fused-ring (bicyclic) bond motifs is 2. The van der Waals surface area contributed by atoms with E-state index in [9.17, 15) is 9.90 Å². The standard InChI is InChI=1S/C15H20N2O2/c1-2-16-14-10-6-3-4-8-12(10)17(15(18)19)13-9-5-7-11(13)14/h3-4,6,8,11,13-14,16H,2,5,7,9H2,1H3,(H,18,19). The maximum atomic E-state index is 11.6. The number of nitrogens with zero attached hydrogens (tertiary/aromatic N) is 1. The summed E-state index contributed by atoms with van der Waals surface area (Å²) in [7, 11) is 0. The zero-order chi connectivity index (χ0) is 13.4. The number of hydrogen-bond donors (Lipinski definition) is 2. The summed E-state index contributed by atoms with van der Waals surface area (Å²) in [5.74, 6) is 0.408. The zero-order valence-corrected chi connectivity index (χ0v) is 11.2. The van der Waals surface area contributed by atoms with Crippen molar-refractivity contribution >= 4 is 11.8 Å². The van der Waals surface area contributed by atoms with Gasteiger partial charge in [-0.2, -0.15) is 0 Å². The molecule has 1 aliphatic carbocycles. The molecule has 3 atom stereocenters. The minimum atomic E-state index is -0.820. The lowest BCUT2D eigenvalue weighted by Gasteiger charge is -2.42. The second-order valence-electron chi connectivity index (χ2n) is 5.41. The number of nitrogens with one attached hydrogen (secondary N) is 1. The topological polar surface area (TPSA) is 52.6 Å². The van der Waals surface area contributed by atoms with Crippen LogP contribution in [0.15, 0.2) is 24.3 Å². The van der Waals surface area contributed by atoms with E-state index >= 15 is 0 Å². The summed E-state index contributed by atoms with van der Waals surface area (Å²) < 4.78 is 0. The molecule has 0 aromatic heterocycles. The van der Waals surface area contributed by atoms with Crippen LogP contribution in [0.5, 0.6) is 0 Å². The van der Waals surface area contributed by atoms with Gasteiger partial charge in [0.2, 0.25) is 0 Å². The molecule has 1 saturated carbocycles. The Hall–Kier alpha value is -1.55. The minimum Gasteiger partial charge on any atom is -0.465 e. The van der Waals surface area contributed by atoms with Crippen LogP contribution in [0.2, 0.25) is 0 Å². The van der Waals surface area contributed by atoms with Crippen molar-refractivity contribution < 1.29 is 9.90 Å². The van der Waals surface area contributed by atoms with Crippen molar-refractivity contribution in [2.45, 2.75) is 38.3 Å². The summed E-state index contributed by atoms with van der Waals surface area (Å²) in [5, 5.41) is 13.1. The average Bonchev–Trinajstić information content (AvgIpc) is 2.87. The lowest BCUT2D eigenvalue weighted by molar-refractivity contribution is 0.192. The fourth-order valence-corrected chi connectivity index (χ4v) is 3.78. The second kappa shape index (κ2) is 4.85. The lowest BCUT2D eigenvalue weighted by Crippen LogP contribution is -2.50. The van der Waals surface area contributed by atoms with Gasteiger partial charge in [-0.3, -0.25) is 4.90 Å². The van der Waals surface area contributed by atoms with Crippen LogP contribution in [-0.4, -0.2) is 23.8 Å². The Morgan fingerprint density at radius 3 is 2.95 bits per heavy atom. The molecule has 102 valence electrons. The third kappa shape index (κ3) is 1.91. The fourth-order valence-electron chi connectivity index (χ4n) is 3.78. The van der Waals surface area contributed by atoms with Crippen LogP contribution in [0.1, 0.15) is 37.8 Å².